The lowest BCUT2D eigenvalue weighted by atomic mass is 10.1. The van der Waals surface area contributed by atoms with Gasteiger partial charge in [0.1, 0.15) is 6.10 Å². The fourth-order valence-corrected chi connectivity index (χ4v) is 1.27. The van der Waals surface area contributed by atoms with Crippen LogP contribution in [0, 0.1) is 0 Å². The first-order valence-corrected chi connectivity index (χ1v) is 5.09. The molecule has 2 heteroatoms. The summed E-state index contributed by atoms with van der Waals surface area (Å²) in [5.41, 5.74) is 1.02. The number of hydrogen-bond acceptors (Lipinski definition) is 2. The summed E-state index contributed by atoms with van der Waals surface area (Å²) in [6.45, 7) is 5.44. The minimum Gasteiger partial charge on any atom is -0.458 e. The Labute approximate surface area is 90.6 Å². The molecular formula is C13H16O2. The number of ether oxygens (including phenoxy) is 1. The fraction of sp³-hybridized carbons (Fsp3) is 0.308. The van der Waals surface area contributed by atoms with Crippen molar-refractivity contribution in [1.29, 1.82) is 0 Å². The van der Waals surface area contributed by atoms with Crippen molar-refractivity contribution in [2.45, 2.75) is 25.9 Å². The third-order valence-corrected chi connectivity index (χ3v) is 2.13. The maximum absolute atomic E-state index is 11.3. The topological polar surface area (TPSA) is 26.3 Å². The van der Waals surface area contributed by atoms with Crippen LogP contribution >= 0.6 is 0 Å². The third kappa shape index (κ3) is 3.98. The second-order valence-electron chi connectivity index (χ2n) is 3.37. The molecule has 80 valence electrons. The van der Waals surface area contributed by atoms with Crippen molar-refractivity contribution in [3.63, 3.8) is 0 Å². The van der Waals surface area contributed by atoms with Crippen molar-refractivity contribution in [3.8, 4) is 0 Å². The van der Waals surface area contributed by atoms with Crippen molar-refractivity contribution in [2.75, 3.05) is 0 Å². The molecule has 0 aliphatic heterocycles. The molecule has 0 heterocycles. The van der Waals surface area contributed by atoms with E-state index in [1.54, 1.807) is 6.08 Å². The number of carbonyl (C=O) groups excluding carboxylic acids is 1. The van der Waals surface area contributed by atoms with Crippen LogP contribution in [0.1, 0.15) is 31.4 Å². The normalized spacial score (nSPS) is 11.8. The van der Waals surface area contributed by atoms with E-state index in [1.807, 2.05) is 37.3 Å². The summed E-state index contributed by atoms with van der Waals surface area (Å²) < 4.78 is 5.25. The van der Waals surface area contributed by atoms with Crippen LogP contribution in [-0.4, -0.2) is 5.97 Å². The average molecular weight is 204 g/mol. The van der Waals surface area contributed by atoms with Gasteiger partial charge in [-0.3, -0.25) is 4.79 Å². The largest absolute Gasteiger partial charge is 0.458 e. The Morgan fingerprint density at radius 3 is 2.73 bits per heavy atom. The van der Waals surface area contributed by atoms with Crippen molar-refractivity contribution in [2.24, 2.45) is 0 Å². The van der Waals surface area contributed by atoms with Crippen molar-refractivity contribution in [1.82, 2.24) is 0 Å². The molecule has 0 unspecified atom stereocenters. The molecule has 0 radical (unpaired) electrons. The highest BCUT2D eigenvalue weighted by molar-refractivity contribution is 5.69. The van der Waals surface area contributed by atoms with E-state index in [0.717, 1.165) is 5.56 Å². The van der Waals surface area contributed by atoms with Gasteiger partial charge in [-0.1, -0.05) is 36.4 Å². The zero-order valence-electron chi connectivity index (χ0n) is 8.98. The Morgan fingerprint density at radius 2 is 2.13 bits per heavy atom. The average Bonchev–Trinajstić information content (AvgIpc) is 2.27. The number of esters is 1. The second-order valence-corrected chi connectivity index (χ2v) is 3.37. The summed E-state index contributed by atoms with van der Waals surface area (Å²) in [5, 5.41) is 0. The summed E-state index contributed by atoms with van der Waals surface area (Å²) in [4.78, 5) is 11.3. The van der Waals surface area contributed by atoms with Crippen LogP contribution in [0.3, 0.4) is 0 Å². The van der Waals surface area contributed by atoms with Gasteiger partial charge in [-0.15, -0.1) is 6.58 Å². The highest BCUT2D eigenvalue weighted by Gasteiger charge is 2.09. The predicted molar refractivity (Wildman–Crippen MR) is 60.4 cm³/mol. The molecule has 2 nitrogen and oxygen atoms in total. The Hall–Kier alpha value is -1.57. The van der Waals surface area contributed by atoms with Crippen LogP contribution in [0.4, 0.5) is 0 Å². The maximum atomic E-state index is 11.3. The number of rotatable bonds is 5. The van der Waals surface area contributed by atoms with Gasteiger partial charge in [-0.25, -0.2) is 0 Å². The predicted octanol–water partition coefficient (Wildman–Crippen LogP) is 3.26. The minimum atomic E-state index is -0.177. The first-order valence-electron chi connectivity index (χ1n) is 5.09. The Balaban J connectivity index is 2.45. The molecule has 1 atom stereocenters. The first-order chi connectivity index (χ1) is 7.24. The van der Waals surface area contributed by atoms with Gasteiger partial charge in [0.2, 0.25) is 0 Å². The van der Waals surface area contributed by atoms with Crippen LogP contribution in [0.25, 0.3) is 0 Å². The molecular weight excluding hydrogens is 188 g/mol. The SMILES string of the molecule is C=CCCC(=O)O[C@H](C)c1ccccc1. The smallest absolute Gasteiger partial charge is 0.306 e. The maximum Gasteiger partial charge on any atom is 0.306 e. The summed E-state index contributed by atoms with van der Waals surface area (Å²) in [6.07, 6.45) is 2.61. The molecule has 0 bridgehead atoms. The molecule has 0 aliphatic rings. The monoisotopic (exact) mass is 204 g/mol. The highest BCUT2D eigenvalue weighted by atomic mass is 16.5. The summed E-state index contributed by atoms with van der Waals surface area (Å²) in [6, 6.07) is 9.71. The third-order valence-electron chi connectivity index (χ3n) is 2.13. The quantitative estimate of drug-likeness (QED) is 0.543. The standard InChI is InChI=1S/C13H16O2/c1-3-4-10-13(14)15-11(2)12-8-6-5-7-9-12/h3,5-9,11H,1,4,10H2,2H3/t11-/m1/s1. The fourth-order valence-electron chi connectivity index (χ4n) is 1.27. The van der Waals surface area contributed by atoms with Crippen molar-refractivity contribution in [3.05, 3.63) is 48.6 Å². The van der Waals surface area contributed by atoms with E-state index in [4.69, 9.17) is 4.74 Å². The molecule has 1 aromatic rings. The summed E-state index contributed by atoms with van der Waals surface area (Å²) in [7, 11) is 0. The molecule has 1 aromatic carbocycles. The lowest BCUT2D eigenvalue weighted by Crippen LogP contribution is -2.08. The number of hydrogen-bond donors (Lipinski definition) is 0. The zero-order chi connectivity index (χ0) is 11.1. The Kier molecular flexibility index (Phi) is 4.61. The molecule has 0 amide bonds. The van der Waals surface area contributed by atoms with E-state index in [0.29, 0.717) is 12.8 Å². The van der Waals surface area contributed by atoms with Crippen molar-refractivity contribution >= 4 is 5.97 Å². The Morgan fingerprint density at radius 1 is 1.47 bits per heavy atom. The van der Waals surface area contributed by atoms with E-state index < -0.39 is 0 Å². The zero-order valence-corrected chi connectivity index (χ0v) is 8.98. The summed E-state index contributed by atoms with van der Waals surface area (Å²) in [5.74, 6) is -0.175. The molecule has 0 spiro atoms. The molecule has 15 heavy (non-hydrogen) atoms. The van der Waals surface area contributed by atoms with E-state index in [-0.39, 0.29) is 12.1 Å². The van der Waals surface area contributed by atoms with Gasteiger partial charge in [0.05, 0.1) is 0 Å². The highest BCUT2D eigenvalue weighted by Crippen LogP contribution is 2.16. The summed E-state index contributed by atoms with van der Waals surface area (Å²) >= 11 is 0. The first kappa shape index (κ1) is 11.5. The van der Waals surface area contributed by atoms with E-state index >= 15 is 0 Å². The molecule has 0 aliphatic carbocycles. The van der Waals surface area contributed by atoms with E-state index in [9.17, 15) is 4.79 Å². The van der Waals surface area contributed by atoms with Gasteiger partial charge in [-0.2, -0.15) is 0 Å². The van der Waals surface area contributed by atoms with E-state index in [1.165, 1.54) is 0 Å². The molecule has 0 aromatic heterocycles. The van der Waals surface area contributed by atoms with Gasteiger partial charge < -0.3 is 4.74 Å². The van der Waals surface area contributed by atoms with Crippen molar-refractivity contribution < 1.29 is 9.53 Å². The molecule has 0 N–H and O–H groups in total. The molecule has 1 rings (SSSR count). The molecule has 0 saturated carbocycles. The van der Waals surface area contributed by atoms with Gasteiger partial charge >= 0.3 is 5.97 Å². The molecule has 0 fully saturated rings. The lowest BCUT2D eigenvalue weighted by molar-refractivity contribution is -0.148. The van der Waals surface area contributed by atoms with E-state index in [2.05, 4.69) is 6.58 Å². The van der Waals surface area contributed by atoms with Crippen LogP contribution in [-0.2, 0) is 9.53 Å². The Bertz CT molecular complexity index is 317. The second kappa shape index (κ2) is 6.02. The van der Waals surface area contributed by atoms with Gasteiger partial charge in [0.25, 0.3) is 0 Å². The van der Waals surface area contributed by atoms with Crippen LogP contribution in [0.2, 0.25) is 0 Å². The minimum absolute atomic E-state index is 0.175. The van der Waals surface area contributed by atoms with Crippen LogP contribution in [0.15, 0.2) is 43.0 Å². The van der Waals surface area contributed by atoms with Crippen LogP contribution in [0.5, 0.6) is 0 Å². The number of benzene rings is 1. The van der Waals surface area contributed by atoms with Crippen LogP contribution < -0.4 is 0 Å². The number of carbonyl (C=O) groups is 1. The lowest BCUT2D eigenvalue weighted by Gasteiger charge is -2.12. The number of allylic oxidation sites excluding steroid dienone is 1. The van der Waals surface area contributed by atoms with Gasteiger partial charge in [-0.05, 0) is 18.9 Å². The molecule has 0 saturated heterocycles. The van der Waals surface area contributed by atoms with Gasteiger partial charge in [0.15, 0.2) is 0 Å². The van der Waals surface area contributed by atoms with Gasteiger partial charge in [0, 0.05) is 6.42 Å².